The lowest BCUT2D eigenvalue weighted by Gasteiger charge is -2.25. The van der Waals surface area contributed by atoms with E-state index in [1.165, 1.54) is 17.2 Å². The van der Waals surface area contributed by atoms with Crippen LogP contribution in [0.1, 0.15) is 18.7 Å². The molecule has 1 atom stereocenters. The van der Waals surface area contributed by atoms with Crippen molar-refractivity contribution in [3.63, 3.8) is 0 Å². The number of ether oxygens (including phenoxy) is 1. The van der Waals surface area contributed by atoms with Gasteiger partial charge in [-0.25, -0.2) is 9.78 Å². The summed E-state index contributed by atoms with van der Waals surface area (Å²) in [5.41, 5.74) is -0.933. The van der Waals surface area contributed by atoms with Gasteiger partial charge in [-0.05, 0) is 25.0 Å². The molecule has 0 spiro atoms. The minimum absolute atomic E-state index is 0.0663. The number of carbonyl (C=O) groups excluding carboxylic acids is 1. The molecular formula is C20H21N5O5. The molecule has 30 heavy (non-hydrogen) atoms. The van der Waals surface area contributed by atoms with Gasteiger partial charge in [-0.15, -0.1) is 0 Å². The Bertz CT molecular complexity index is 1240. The minimum Gasteiger partial charge on any atom is -0.376 e. The molecule has 1 saturated heterocycles. The second-order valence-corrected chi connectivity index (χ2v) is 7.18. The summed E-state index contributed by atoms with van der Waals surface area (Å²) < 4.78 is 6.78. The fourth-order valence-corrected chi connectivity index (χ4v) is 3.49. The lowest BCUT2D eigenvalue weighted by atomic mass is 10.2. The summed E-state index contributed by atoms with van der Waals surface area (Å²) in [6.07, 6.45) is 2.90. The number of benzene rings is 1. The molecule has 0 radical (unpaired) electrons. The maximum Gasteiger partial charge on any atom is 0.328 e. The number of hydrogen-bond donors (Lipinski definition) is 2. The predicted octanol–water partition coefficient (Wildman–Crippen LogP) is -0.0191. The number of rotatable bonds is 6. The van der Waals surface area contributed by atoms with Crippen molar-refractivity contribution in [1.29, 1.82) is 0 Å². The number of hydrogen-bond acceptors (Lipinski definition) is 6. The van der Waals surface area contributed by atoms with Crippen molar-refractivity contribution in [2.75, 3.05) is 13.2 Å². The van der Waals surface area contributed by atoms with Crippen molar-refractivity contribution in [2.24, 2.45) is 0 Å². The third-order valence-electron chi connectivity index (χ3n) is 5.01. The number of nitrogens with one attached hydrogen (secondary N) is 2. The molecule has 1 aliphatic rings. The van der Waals surface area contributed by atoms with Gasteiger partial charge < -0.3 is 14.6 Å². The Balaban J connectivity index is 1.60. The first-order valence-corrected chi connectivity index (χ1v) is 9.67. The fraction of sp³-hybridized carbons (Fsp3) is 0.350. The first-order chi connectivity index (χ1) is 14.5. The number of para-hydroxylation sites is 1. The molecule has 156 valence electrons. The summed E-state index contributed by atoms with van der Waals surface area (Å²) in [6, 6.07) is 8.15. The van der Waals surface area contributed by atoms with E-state index >= 15 is 0 Å². The highest BCUT2D eigenvalue weighted by Crippen LogP contribution is 2.15. The number of amides is 1. The number of carbonyl (C=O) groups is 1. The van der Waals surface area contributed by atoms with Crippen molar-refractivity contribution in [2.45, 2.75) is 32.0 Å². The summed E-state index contributed by atoms with van der Waals surface area (Å²) in [7, 11) is 0. The summed E-state index contributed by atoms with van der Waals surface area (Å²) in [5, 5.41) is 0.470. The van der Waals surface area contributed by atoms with Gasteiger partial charge in [-0.1, -0.05) is 12.1 Å². The summed E-state index contributed by atoms with van der Waals surface area (Å²) in [4.78, 5) is 59.4. The maximum absolute atomic E-state index is 13.0. The molecule has 1 fully saturated rings. The van der Waals surface area contributed by atoms with Crippen LogP contribution in [0.15, 0.2) is 50.9 Å². The van der Waals surface area contributed by atoms with Crippen LogP contribution >= 0.6 is 0 Å². The number of nitrogens with zero attached hydrogens (tertiary/aromatic N) is 3. The van der Waals surface area contributed by atoms with E-state index < -0.39 is 11.2 Å². The lowest BCUT2D eigenvalue weighted by Crippen LogP contribution is -2.41. The van der Waals surface area contributed by atoms with Gasteiger partial charge >= 0.3 is 5.69 Å². The zero-order valence-electron chi connectivity index (χ0n) is 16.2. The van der Waals surface area contributed by atoms with Crippen LogP contribution in [0.2, 0.25) is 0 Å². The van der Waals surface area contributed by atoms with E-state index in [0.29, 0.717) is 29.9 Å². The summed E-state index contributed by atoms with van der Waals surface area (Å²) in [5.74, 6) is -0.00526. The van der Waals surface area contributed by atoms with Crippen molar-refractivity contribution in [1.82, 2.24) is 24.4 Å². The van der Waals surface area contributed by atoms with Gasteiger partial charge in [0.15, 0.2) is 0 Å². The van der Waals surface area contributed by atoms with Crippen molar-refractivity contribution < 1.29 is 9.53 Å². The molecule has 2 N–H and O–H groups in total. The molecular weight excluding hydrogens is 390 g/mol. The first-order valence-electron chi connectivity index (χ1n) is 9.67. The van der Waals surface area contributed by atoms with Gasteiger partial charge in [0.1, 0.15) is 12.4 Å². The molecule has 2 aromatic heterocycles. The Hall–Kier alpha value is -3.53. The number of H-pyrrole nitrogens is 2. The van der Waals surface area contributed by atoms with E-state index in [9.17, 15) is 19.2 Å². The normalized spacial score (nSPS) is 16.1. The first kappa shape index (κ1) is 19.8. The lowest BCUT2D eigenvalue weighted by molar-refractivity contribution is -0.134. The fourth-order valence-electron chi connectivity index (χ4n) is 3.49. The van der Waals surface area contributed by atoms with Crippen LogP contribution in [0.5, 0.6) is 0 Å². The highest BCUT2D eigenvalue weighted by molar-refractivity contribution is 5.78. The van der Waals surface area contributed by atoms with Gasteiger partial charge in [0, 0.05) is 25.4 Å². The number of aromatic amines is 2. The minimum atomic E-state index is -0.662. The average Bonchev–Trinajstić information content (AvgIpc) is 3.23. The quantitative estimate of drug-likeness (QED) is 0.586. The van der Waals surface area contributed by atoms with Crippen LogP contribution in [-0.2, 0) is 22.6 Å². The maximum atomic E-state index is 13.0. The number of aromatic nitrogens is 4. The van der Waals surface area contributed by atoms with Gasteiger partial charge in [0.2, 0.25) is 5.91 Å². The zero-order valence-corrected chi connectivity index (χ0v) is 16.2. The molecule has 1 aliphatic heterocycles. The molecule has 1 aromatic carbocycles. The Morgan fingerprint density at radius 2 is 2.03 bits per heavy atom. The van der Waals surface area contributed by atoms with Crippen LogP contribution in [0.25, 0.3) is 10.9 Å². The largest absolute Gasteiger partial charge is 0.376 e. The average molecular weight is 411 g/mol. The molecule has 0 unspecified atom stereocenters. The molecule has 0 saturated carbocycles. The Labute approximate surface area is 170 Å². The molecule has 0 bridgehead atoms. The highest BCUT2D eigenvalue weighted by Gasteiger charge is 2.24. The number of fused-ring (bicyclic) bond motifs is 1. The van der Waals surface area contributed by atoms with Crippen LogP contribution in [-0.4, -0.2) is 49.6 Å². The molecule has 10 nitrogen and oxygen atoms in total. The van der Waals surface area contributed by atoms with Crippen molar-refractivity contribution in [3.8, 4) is 0 Å². The zero-order chi connectivity index (χ0) is 21.1. The molecule has 3 aromatic rings. The van der Waals surface area contributed by atoms with Gasteiger partial charge in [0.25, 0.3) is 11.1 Å². The van der Waals surface area contributed by atoms with E-state index in [1.54, 1.807) is 24.3 Å². The van der Waals surface area contributed by atoms with Gasteiger partial charge in [-0.2, -0.15) is 0 Å². The Morgan fingerprint density at radius 3 is 2.80 bits per heavy atom. The van der Waals surface area contributed by atoms with E-state index in [2.05, 4.69) is 15.0 Å². The van der Waals surface area contributed by atoms with E-state index in [-0.39, 0.29) is 30.7 Å². The van der Waals surface area contributed by atoms with Crippen molar-refractivity contribution >= 4 is 16.8 Å². The Morgan fingerprint density at radius 1 is 1.20 bits per heavy atom. The van der Waals surface area contributed by atoms with Crippen LogP contribution < -0.4 is 16.8 Å². The van der Waals surface area contributed by atoms with Crippen molar-refractivity contribution in [3.05, 3.63) is 73.5 Å². The SMILES string of the molecule is O=C(Cn1ccc(=O)[nH]c1=O)N(Cc1nc2ccccc2c(=O)[nH]1)C[C@H]1CCCO1. The van der Waals surface area contributed by atoms with Crippen LogP contribution in [0, 0.1) is 0 Å². The van der Waals surface area contributed by atoms with E-state index in [4.69, 9.17) is 4.74 Å². The molecule has 0 aliphatic carbocycles. The Kier molecular flexibility index (Phi) is 5.57. The van der Waals surface area contributed by atoms with Gasteiger partial charge in [0.05, 0.1) is 23.6 Å². The molecule has 10 heteroatoms. The third kappa shape index (κ3) is 4.38. The van der Waals surface area contributed by atoms with Gasteiger partial charge in [-0.3, -0.25) is 23.9 Å². The topological polar surface area (TPSA) is 130 Å². The second kappa shape index (κ2) is 8.46. The van der Waals surface area contributed by atoms with Crippen LogP contribution in [0.4, 0.5) is 0 Å². The summed E-state index contributed by atoms with van der Waals surface area (Å²) >= 11 is 0. The monoisotopic (exact) mass is 411 g/mol. The molecule has 4 rings (SSSR count). The van der Waals surface area contributed by atoms with E-state index in [0.717, 1.165) is 17.4 Å². The molecule has 3 heterocycles. The van der Waals surface area contributed by atoms with E-state index in [1.807, 2.05) is 0 Å². The smallest absolute Gasteiger partial charge is 0.328 e. The summed E-state index contributed by atoms with van der Waals surface area (Å²) in [6.45, 7) is 0.766. The second-order valence-electron chi connectivity index (χ2n) is 7.18. The van der Waals surface area contributed by atoms with Crippen LogP contribution in [0.3, 0.4) is 0 Å². The highest BCUT2D eigenvalue weighted by atomic mass is 16.5. The standard InChI is InChI=1S/C20H21N5O5/c26-17-7-8-24(20(29)23-17)12-18(27)25(10-13-4-3-9-30-13)11-16-21-15-6-2-1-5-14(15)19(28)22-16/h1-2,5-8,13H,3-4,9-12H2,(H,21,22,28)(H,23,26,29)/t13-/m1/s1. The molecule has 1 amide bonds. The predicted molar refractivity (Wildman–Crippen MR) is 108 cm³/mol. The third-order valence-corrected chi connectivity index (χ3v) is 5.01.